The molecule has 0 saturated carbocycles. The Bertz CT molecular complexity index is 5920. The molecule has 0 amide bonds. The highest BCUT2D eigenvalue weighted by molar-refractivity contribution is 7.05. The molecule has 16 aromatic carbocycles. The van der Waals surface area contributed by atoms with Gasteiger partial charge >= 0.3 is 0 Å². The molecular weight excluding hydrogens is 1160 g/mol. The fourth-order valence-corrected chi connectivity index (χ4v) is 18.0. The summed E-state index contributed by atoms with van der Waals surface area (Å²) in [5.74, 6) is 1.70. The summed E-state index contributed by atoms with van der Waals surface area (Å²) >= 11 is 0. The topological polar surface area (TPSA) is 22.2 Å². The number of anilines is 12. The standard InChI is InChI=1S/C88H53B3N4O/c1-5-23-54(24-6-1)63-33-22-34-64(55-25-7-2-8-26-55)87(63)95-76-53-80-71(51-70(76)90-69-38-16-20-42-75(69)94-74-41-19-15-37-68(74)89-66-35-13-17-39-72(66)93(61-31-11-4-12-32-61)78-52-79(95)86(90)88(94)85(78)89)91-67-36-14-18-40-73(67)92(60-29-9-3-10-30-60)77-49-59(50-81(96-80)84(77)91)62-47-45-58-44-43-56-27-21-28-57-46-48-65(62)83(58)82(56)57/h1-53H. The van der Waals surface area contributed by atoms with Crippen LogP contribution in [0.15, 0.2) is 322 Å². The van der Waals surface area contributed by atoms with E-state index in [-0.39, 0.29) is 20.1 Å². The van der Waals surface area contributed by atoms with Gasteiger partial charge < -0.3 is 24.3 Å². The lowest BCUT2D eigenvalue weighted by Crippen LogP contribution is -2.69. The quantitative estimate of drug-likeness (QED) is 0.122. The van der Waals surface area contributed by atoms with E-state index >= 15 is 0 Å². The van der Waals surface area contributed by atoms with Crippen LogP contribution in [0.5, 0.6) is 11.5 Å². The average Bonchev–Trinajstić information content (AvgIpc) is 0.669. The van der Waals surface area contributed by atoms with Crippen LogP contribution in [-0.4, -0.2) is 20.1 Å². The zero-order valence-electron chi connectivity index (χ0n) is 52.0. The van der Waals surface area contributed by atoms with E-state index in [1.54, 1.807) is 0 Å². The third kappa shape index (κ3) is 7.06. The van der Waals surface area contributed by atoms with Crippen molar-refractivity contribution in [2.75, 3.05) is 19.6 Å². The van der Waals surface area contributed by atoms with Crippen LogP contribution >= 0.6 is 0 Å². The van der Waals surface area contributed by atoms with E-state index in [4.69, 9.17) is 4.74 Å². The van der Waals surface area contributed by atoms with Crippen molar-refractivity contribution in [1.82, 2.24) is 0 Å². The van der Waals surface area contributed by atoms with Crippen LogP contribution in [0, 0.1) is 0 Å². The number of nitrogens with zero attached hydrogens (tertiary/aromatic N) is 4. The van der Waals surface area contributed by atoms with Crippen molar-refractivity contribution in [2.45, 2.75) is 0 Å². The third-order valence-corrected chi connectivity index (χ3v) is 21.8. The molecule has 0 fully saturated rings. The van der Waals surface area contributed by atoms with E-state index in [9.17, 15) is 0 Å². The van der Waals surface area contributed by atoms with Gasteiger partial charge in [0.15, 0.2) is 0 Å². The Labute approximate surface area is 557 Å². The molecule has 0 radical (unpaired) electrons. The summed E-state index contributed by atoms with van der Waals surface area (Å²) < 4.78 is 7.97. The zero-order valence-corrected chi connectivity index (χ0v) is 52.0. The smallest absolute Gasteiger partial charge is 0.256 e. The van der Waals surface area contributed by atoms with Crippen LogP contribution in [-0.2, 0) is 0 Å². The second-order valence-electron chi connectivity index (χ2n) is 26.5. The van der Waals surface area contributed by atoms with Crippen LogP contribution in [0.4, 0.5) is 68.2 Å². The van der Waals surface area contributed by atoms with Crippen LogP contribution < -0.4 is 73.5 Å². The summed E-state index contributed by atoms with van der Waals surface area (Å²) in [7, 11) is 0. The number of para-hydroxylation sites is 7. The molecule has 0 spiro atoms. The van der Waals surface area contributed by atoms with Gasteiger partial charge in [-0.05, 0) is 170 Å². The van der Waals surface area contributed by atoms with Crippen LogP contribution in [0.25, 0.3) is 65.7 Å². The minimum atomic E-state index is -0.195. The van der Waals surface area contributed by atoms with E-state index in [1.807, 2.05) is 0 Å². The number of rotatable bonds is 6. The van der Waals surface area contributed by atoms with Crippen molar-refractivity contribution in [1.29, 1.82) is 0 Å². The molecule has 0 N–H and O–H groups in total. The van der Waals surface area contributed by atoms with E-state index < -0.39 is 0 Å². The van der Waals surface area contributed by atoms with Crippen LogP contribution in [0.2, 0.25) is 0 Å². The van der Waals surface area contributed by atoms with Gasteiger partial charge in [-0.15, -0.1) is 0 Å². The Hall–Kier alpha value is -12.2. The Kier molecular flexibility index (Phi) is 10.7. The second-order valence-corrected chi connectivity index (χ2v) is 26.5. The summed E-state index contributed by atoms with van der Waals surface area (Å²) in [6.45, 7) is -0.434. The van der Waals surface area contributed by atoms with Gasteiger partial charge in [0.05, 0.1) is 5.69 Å². The molecule has 6 aliphatic rings. The third-order valence-electron chi connectivity index (χ3n) is 21.8. The van der Waals surface area contributed by atoms with Crippen LogP contribution in [0.3, 0.4) is 0 Å². The Morgan fingerprint density at radius 1 is 0.229 bits per heavy atom. The molecule has 0 saturated heterocycles. The summed E-state index contributed by atoms with van der Waals surface area (Å²) in [6, 6.07) is 121. The highest BCUT2D eigenvalue weighted by atomic mass is 16.5. The van der Waals surface area contributed by atoms with Gasteiger partial charge in [-0.2, -0.15) is 0 Å². The lowest BCUT2D eigenvalue weighted by molar-refractivity contribution is 0.488. The first kappa shape index (κ1) is 52.3. The number of fused-ring (bicyclic) bond motifs is 14. The van der Waals surface area contributed by atoms with Gasteiger partial charge in [-0.3, -0.25) is 0 Å². The maximum Gasteiger partial charge on any atom is 0.256 e. The van der Waals surface area contributed by atoms with Gasteiger partial charge in [0, 0.05) is 79.8 Å². The molecule has 5 nitrogen and oxygen atoms in total. The van der Waals surface area contributed by atoms with E-state index in [2.05, 4.69) is 341 Å². The van der Waals surface area contributed by atoms with Gasteiger partial charge in [0.25, 0.3) is 20.1 Å². The SMILES string of the molecule is c1ccc(-c2cccc(-c3ccccc3)c2N2c3cc4c(cc3B3c5ccccc5N5c6ccccc6B6c7ccccc7N(c7ccccc7)c7cc2c3c5c76)B2c3ccccc3N(c3ccccc3)c3cc(-c5ccc6ccc7cccc8ccc5c6c78)cc(c32)O4)cc1. The first-order valence-corrected chi connectivity index (χ1v) is 33.5. The molecular formula is C88H53B3N4O. The largest absolute Gasteiger partial charge is 0.458 e. The molecule has 0 bridgehead atoms. The van der Waals surface area contributed by atoms with Crippen molar-refractivity contribution < 1.29 is 4.74 Å². The molecule has 440 valence electrons. The minimum absolute atomic E-state index is 0.0504. The Morgan fingerprint density at radius 2 is 0.667 bits per heavy atom. The fourth-order valence-electron chi connectivity index (χ4n) is 18.0. The molecule has 16 aromatic rings. The van der Waals surface area contributed by atoms with Crippen molar-refractivity contribution in [3.63, 3.8) is 0 Å². The van der Waals surface area contributed by atoms with Gasteiger partial charge in [0.1, 0.15) is 11.5 Å². The Morgan fingerprint density at radius 3 is 1.24 bits per heavy atom. The van der Waals surface area contributed by atoms with Crippen LogP contribution in [0.1, 0.15) is 0 Å². The first-order valence-electron chi connectivity index (χ1n) is 33.5. The molecule has 96 heavy (non-hydrogen) atoms. The van der Waals surface area contributed by atoms with Gasteiger partial charge in [-0.1, -0.05) is 249 Å². The normalized spacial score (nSPS) is 13.8. The molecule has 0 aromatic heterocycles. The second kappa shape index (κ2) is 19.7. The van der Waals surface area contributed by atoms with Gasteiger partial charge in [-0.25, -0.2) is 0 Å². The Balaban J connectivity index is 0.871. The predicted molar refractivity (Wildman–Crippen MR) is 406 cm³/mol. The number of ether oxygens (including phenoxy) is 1. The van der Waals surface area contributed by atoms with Crippen molar-refractivity contribution in [2.24, 2.45) is 0 Å². The summed E-state index contributed by atoms with van der Waals surface area (Å²) in [6.07, 6.45) is 0. The summed E-state index contributed by atoms with van der Waals surface area (Å²) in [5, 5.41) is 7.57. The highest BCUT2D eigenvalue weighted by Crippen LogP contribution is 2.55. The number of hydrogen-bond donors (Lipinski definition) is 0. The molecule has 8 heteroatoms. The monoisotopic (exact) mass is 1210 g/mol. The van der Waals surface area contributed by atoms with E-state index in [1.165, 1.54) is 110 Å². The van der Waals surface area contributed by atoms with Crippen molar-refractivity contribution in [3.05, 3.63) is 322 Å². The summed E-state index contributed by atoms with van der Waals surface area (Å²) in [4.78, 5) is 10.4. The lowest BCUT2D eigenvalue weighted by atomic mass is 9.28. The lowest BCUT2D eigenvalue weighted by Gasteiger charge is -2.51. The van der Waals surface area contributed by atoms with E-state index in [0.29, 0.717) is 0 Å². The zero-order chi connectivity index (χ0) is 62.4. The maximum atomic E-state index is 7.97. The van der Waals surface area contributed by atoms with Gasteiger partial charge in [0.2, 0.25) is 0 Å². The molecule has 6 heterocycles. The molecule has 0 atom stereocenters. The highest BCUT2D eigenvalue weighted by Gasteiger charge is 2.53. The maximum absolute atomic E-state index is 7.97. The summed E-state index contributed by atoms with van der Waals surface area (Å²) in [5.41, 5.74) is 31.9. The molecule has 22 rings (SSSR count). The average molecular weight is 1210 g/mol. The molecule has 0 unspecified atom stereocenters. The first-order chi connectivity index (χ1) is 47.7. The number of hydrogen-bond acceptors (Lipinski definition) is 5. The predicted octanol–water partition coefficient (Wildman–Crippen LogP) is 16.7. The molecule has 0 aliphatic carbocycles. The van der Waals surface area contributed by atoms with E-state index in [0.717, 1.165) is 84.6 Å². The molecule has 6 aliphatic heterocycles. The van der Waals surface area contributed by atoms with Crippen molar-refractivity contribution in [3.8, 4) is 44.9 Å². The fraction of sp³-hybridized carbons (Fsp3) is 0. The minimum Gasteiger partial charge on any atom is -0.458 e. The number of benzene rings is 16. The van der Waals surface area contributed by atoms with Crippen molar-refractivity contribution >= 4 is 170 Å².